The number of aryl methyl sites for hydroxylation is 1. The van der Waals surface area contributed by atoms with Crippen LogP contribution in [0.1, 0.15) is 28.2 Å². The van der Waals surface area contributed by atoms with Gasteiger partial charge in [0.15, 0.2) is 11.6 Å². The van der Waals surface area contributed by atoms with E-state index in [9.17, 15) is 22.4 Å². The van der Waals surface area contributed by atoms with E-state index in [1.54, 1.807) is 11.8 Å². The van der Waals surface area contributed by atoms with Crippen LogP contribution in [0.25, 0.3) is 0 Å². The molecule has 1 aliphatic heterocycles. The van der Waals surface area contributed by atoms with Crippen molar-refractivity contribution in [2.45, 2.75) is 25.8 Å². The van der Waals surface area contributed by atoms with Gasteiger partial charge in [-0.05, 0) is 30.6 Å². The molecule has 0 spiro atoms. The van der Waals surface area contributed by atoms with E-state index < -0.39 is 23.5 Å². The molecule has 2 N–H and O–H groups in total. The lowest BCUT2D eigenvalue weighted by Crippen LogP contribution is -2.25. The highest BCUT2D eigenvalue weighted by atomic mass is 32.1. The quantitative estimate of drug-likeness (QED) is 0.526. The second kappa shape index (κ2) is 8.79. The number of halogens is 4. The van der Waals surface area contributed by atoms with Crippen LogP contribution in [0, 0.1) is 18.6 Å². The number of hydrogen-bond acceptors (Lipinski definition) is 7. The minimum Gasteiger partial charge on any atom is -0.329 e. The summed E-state index contributed by atoms with van der Waals surface area (Å²) < 4.78 is 57.3. The molecule has 1 saturated heterocycles. The average Bonchev–Trinajstić information content (AvgIpc) is 3.27. The monoisotopic (exact) mass is 466 g/mol. The lowest BCUT2D eigenvalue weighted by molar-refractivity contribution is 0.0114. The minimum atomic E-state index is -2.67. The molecule has 32 heavy (non-hydrogen) atoms. The van der Waals surface area contributed by atoms with Crippen molar-refractivity contribution in [3.63, 3.8) is 0 Å². The number of benzene rings is 1. The summed E-state index contributed by atoms with van der Waals surface area (Å²) in [4.78, 5) is 22.8. The molecule has 1 fully saturated rings. The van der Waals surface area contributed by atoms with Crippen LogP contribution >= 0.6 is 11.5 Å². The van der Waals surface area contributed by atoms with Gasteiger partial charge < -0.3 is 10.6 Å². The van der Waals surface area contributed by atoms with E-state index in [0.29, 0.717) is 28.8 Å². The first kappa shape index (κ1) is 22.1. The summed E-state index contributed by atoms with van der Waals surface area (Å²) in [6, 6.07) is 3.05. The van der Waals surface area contributed by atoms with Crippen LogP contribution in [0.2, 0.25) is 0 Å². The number of nitrogens with one attached hydrogen (secondary N) is 2. The molecule has 0 aliphatic carbocycles. The van der Waals surface area contributed by atoms with Crippen molar-refractivity contribution < 1.29 is 22.4 Å². The Morgan fingerprint density at radius 3 is 2.69 bits per heavy atom. The third kappa shape index (κ3) is 5.02. The number of carbonyl (C=O) groups excluding carboxylic acids is 1. The number of hydrogen-bond donors (Lipinski definition) is 2. The van der Waals surface area contributed by atoms with Crippen LogP contribution in [0.15, 0.2) is 30.6 Å². The lowest BCUT2D eigenvalue weighted by atomic mass is 10.2. The van der Waals surface area contributed by atoms with Gasteiger partial charge in [0.1, 0.15) is 10.8 Å². The van der Waals surface area contributed by atoms with Gasteiger partial charge in [-0.2, -0.15) is 4.37 Å². The molecule has 0 bridgehead atoms. The average molecular weight is 466 g/mol. The van der Waals surface area contributed by atoms with E-state index in [0.717, 1.165) is 23.7 Å². The van der Waals surface area contributed by atoms with Gasteiger partial charge in [0.05, 0.1) is 35.9 Å². The summed E-state index contributed by atoms with van der Waals surface area (Å²) in [6.45, 7) is 1.91. The van der Waals surface area contributed by atoms with Crippen LogP contribution in [0.4, 0.5) is 34.1 Å². The first-order valence-electron chi connectivity index (χ1n) is 9.61. The lowest BCUT2D eigenvalue weighted by Gasteiger charge is -2.14. The number of carbonyl (C=O) groups is 1. The zero-order chi connectivity index (χ0) is 22.9. The van der Waals surface area contributed by atoms with Crippen molar-refractivity contribution in [2.24, 2.45) is 0 Å². The van der Waals surface area contributed by atoms with Gasteiger partial charge >= 0.3 is 0 Å². The molecule has 0 radical (unpaired) electrons. The fourth-order valence-corrected chi connectivity index (χ4v) is 4.08. The Labute approximate surface area is 184 Å². The molecule has 4 rings (SSSR count). The summed E-state index contributed by atoms with van der Waals surface area (Å²) in [7, 11) is 0. The smallest absolute Gasteiger partial charge is 0.261 e. The maximum atomic E-state index is 13.4. The largest absolute Gasteiger partial charge is 0.329 e. The van der Waals surface area contributed by atoms with E-state index in [4.69, 9.17) is 0 Å². The third-order valence-corrected chi connectivity index (χ3v) is 5.70. The van der Waals surface area contributed by atoms with Gasteiger partial charge in [-0.15, -0.1) is 0 Å². The molecule has 3 aromatic rings. The number of nitrogens with zero attached hydrogens (tertiary/aromatic N) is 4. The molecule has 0 saturated carbocycles. The maximum absolute atomic E-state index is 13.4. The predicted molar refractivity (Wildman–Crippen MR) is 111 cm³/mol. The fourth-order valence-electron chi connectivity index (χ4n) is 3.28. The molecule has 0 atom stereocenters. The molecule has 3 heterocycles. The molecule has 168 valence electrons. The number of alkyl halides is 2. The highest BCUT2D eigenvalue weighted by Crippen LogP contribution is 2.29. The van der Waals surface area contributed by atoms with Gasteiger partial charge in [0.25, 0.3) is 11.8 Å². The van der Waals surface area contributed by atoms with Gasteiger partial charge in [-0.1, -0.05) is 0 Å². The van der Waals surface area contributed by atoms with Gasteiger partial charge in [0.2, 0.25) is 0 Å². The number of anilines is 3. The van der Waals surface area contributed by atoms with E-state index in [-0.39, 0.29) is 30.8 Å². The fraction of sp³-hybridized carbons (Fsp3) is 0.300. The normalized spacial score (nSPS) is 15.7. The summed E-state index contributed by atoms with van der Waals surface area (Å²) >= 11 is 1.03. The van der Waals surface area contributed by atoms with Crippen molar-refractivity contribution in [1.29, 1.82) is 0 Å². The first-order valence-corrected chi connectivity index (χ1v) is 10.4. The zero-order valence-electron chi connectivity index (χ0n) is 16.8. The molecule has 1 aliphatic rings. The van der Waals surface area contributed by atoms with Crippen LogP contribution in [-0.2, 0) is 6.54 Å². The molecular formula is C20H18F4N6OS. The van der Waals surface area contributed by atoms with Gasteiger partial charge in [-0.3, -0.25) is 14.7 Å². The van der Waals surface area contributed by atoms with E-state index in [1.807, 2.05) is 0 Å². The highest BCUT2D eigenvalue weighted by Gasteiger charge is 2.38. The summed E-state index contributed by atoms with van der Waals surface area (Å²) in [5.74, 6) is -4.97. The second-order valence-corrected chi connectivity index (χ2v) is 8.16. The number of rotatable bonds is 6. The Bertz CT molecular complexity index is 1140. The second-order valence-electron chi connectivity index (χ2n) is 7.39. The Morgan fingerprint density at radius 2 is 2.03 bits per heavy atom. The SMILES string of the molecule is Cc1nsc(Nc2cnc(CN3CCC(F)(F)C3)cn2)c1C(=O)Nc1ccc(F)c(F)c1. The van der Waals surface area contributed by atoms with Crippen LogP contribution in [0.5, 0.6) is 0 Å². The molecule has 0 unspecified atom stereocenters. The Kier molecular flexibility index (Phi) is 6.07. The topological polar surface area (TPSA) is 83.0 Å². The van der Waals surface area contributed by atoms with Crippen LogP contribution in [0.3, 0.4) is 0 Å². The molecule has 1 amide bonds. The number of amides is 1. The molecule has 7 nitrogen and oxygen atoms in total. The van der Waals surface area contributed by atoms with Crippen molar-refractivity contribution in [3.8, 4) is 0 Å². The van der Waals surface area contributed by atoms with E-state index in [2.05, 4.69) is 25.0 Å². The van der Waals surface area contributed by atoms with E-state index >= 15 is 0 Å². The molecule has 2 aromatic heterocycles. The molecule has 1 aromatic carbocycles. The zero-order valence-corrected chi connectivity index (χ0v) is 17.6. The molecular weight excluding hydrogens is 448 g/mol. The van der Waals surface area contributed by atoms with E-state index in [1.165, 1.54) is 18.5 Å². The van der Waals surface area contributed by atoms with Crippen molar-refractivity contribution in [2.75, 3.05) is 23.7 Å². The minimum absolute atomic E-state index is 0.0992. The summed E-state index contributed by atoms with van der Waals surface area (Å²) in [5, 5.41) is 5.87. The maximum Gasteiger partial charge on any atom is 0.261 e. The Balaban J connectivity index is 1.44. The number of likely N-dealkylation sites (tertiary alicyclic amines) is 1. The van der Waals surface area contributed by atoms with Gasteiger partial charge in [0, 0.05) is 31.3 Å². The number of aromatic nitrogens is 3. The Hall–Kier alpha value is -3.12. The highest BCUT2D eigenvalue weighted by molar-refractivity contribution is 7.10. The third-order valence-electron chi connectivity index (χ3n) is 4.85. The summed E-state index contributed by atoms with van der Waals surface area (Å²) in [5.41, 5.74) is 1.31. The van der Waals surface area contributed by atoms with Gasteiger partial charge in [-0.25, -0.2) is 22.5 Å². The van der Waals surface area contributed by atoms with Crippen molar-refractivity contribution in [1.82, 2.24) is 19.2 Å². The standard InChI is InChI=1S/C20H18F4N6OS/c1-11-17(18(31)27-12-2-3-14(21)15(22)6-12)19(32-29-11)28-16-8-25-13(7-26-16)9-30-5-4-20(23,24)10-30/h2-3,6-8H,4-5,9-10H2,1H3,(H,26,28)(H,27,31). The summed E-state index contributed by atoms with van der Waals surface area (Å²) in [6.07, 6.45) is 2.75. The predicted octanol–water partition coefficient (Wildman–Crippen LogP) is 4.36. The van der Waals surface area contributed by atoms with Crippen molar-refractivity contribution in [3.05, 3.63) is 59.2 Å². The van der Waals surface area contributed by atoms with Crippen molar-refractivity contribution >= 4 is 33.9 Å². The van der Waals surface area contributed by atoms with Crippen LogP contribution < -0.4 is 10.6 Å². The first-order chi connectivity index (χ1) is 15.2. The molecule has 12 heteroatoms. The Morgan fingerprint density at radius 1 is 1.22 bits per heavy atom. The van der Waals surface area contributed by atoms with Crippen LogP contribution in [-0.4, -0.2) is 44.2 Å².